The molecule has 1 atom stereocenters. The molecule has 0 aliphatic carbocycles. The van der Waals surface area contributed by atoms with E-state index in [1.807, 2.05) is 0 Å². The molecule has 0 amide bonds. The second kappa shape index (κ2) is 5.69. The highest BCUT2D eigenvalue weighted by molar-refractivity contribution is 4.53. The first kappa shape index (κ1) is 9.92. The van der Waals surface area contributed by atoms with Crippen molar-refractivity contribution in [1.82, 2.24) is 10.4 Å². The standard InChI is InChI=1S/C8H20N2/c1-5-7-10(4)9-8(3)6-2/h8-9H,5-7H2,1-4H3. The van der Waals surface area contributed by atoms with E-state index in [4.69, 9.17) is 0 Å². The maximum atomic E-state index is 3.36. The summed E-state index contributed by atoms with van der Waals surface area (Å²) >= 11 is 0. The first-order valence-electron chi connectivity index (χ1n) is 4.18. The molecule has 0 bridgehead atoms. The first-order valence-corrected chi connectivity index (χ1v) is 4.18. The molecule has 10 heavy (non-hydrogen) atoms. The summed E-state index contributed by atoms with van der Waals surface area (Å²) in [5.74, 6) is 0. The Morgan fingerprint density at radius 1 is 1.40 bits per heavy atom. The van der Waals surface area contributed by atoms with E-state index in [9.17, 15) is 0 Å². The van der Waals surface area contributed by atoms with Crippen LogP contribution in [0.1, 0.15) is 33.6 Å². The van der Waals surface area contributed by atoms with E-state index in [1.165, 1.54) is 12.8 Å². The highest BCUT2D eigenvalue weighted by atomic mass is 15.5. The van der Waals surface area contributed by atoms with E-state index in [0.717, 1.165) is 6.54 Å². The summed E-state index contributed by atoms with van der Waals surface area (Å²) in [7, 11) is 2.09. The zero-order valence-corrected chi connectivity index (χ0v) is 7.65. The molecule has 0 spiro atoms. The fraction of sp³-hybridized carbons (Fsp3) is 1.00. The third-order valence-electron chi connectivity index (χ3n) is 1.61. The van der Waals surface area contributed by atoms with E-state index in [0.29, 0.717) is 6.04 Å². The maximum Gasteiger partial charge on any atom is 0.0184 e. The second-order valence-corrected chi connectivity index (χ2v) is 2.86. The lowest BCUT2D eigenvalue weighted by Gasteiger charge is -2.21. The number of nitrogens with zero attached hydrogens (tertiary/aromatic N) is 1. The van der Waals surface area contributed by atoms with Gasteiger partial charge in [-0.15, -0.1) is 0 Å². The van der Waals surface area contributed by atoms with Gasteiger partial charge in [-0.05, 0) is 19.8 Å². The summed E-state index contributed by atoms with van der Waals surface area (Å²) in [5, 5.41) is 2.16. The molecule has 1 unspecified atom stereocenters. The van der Waals surface area contributed by atoms with Gasteiger partial charge in [-0.2, -0.15) is 0 Å². The number of hydrazine groups is 1. The minimum absolute atomic E-state index is 0.608. The maximum absolute atomic E-state index is 3.36. The van der Waals surface area contributed by atoms with Gasteiger partial charge >= 0.3 is 0 Å². The van der Waals surface area contributed by atoms with Crippen LogP contribution < -0.4 is 5.43 Å². The van der Waals surface area contributed by atoms with Crippen LogP contribution in [-0.2, 0) is 0 Å². The number of hydrogen-bond acceptors (Lipinski definition) is 2. The Morgan fingerprint density at radius 3 is 2.40 bits per heavy atom. The molecule has 0 saturated heterocycles. The minimum atomic E-state index is 0.608. The minimum Gasteiger partial charge on any atom is -0.253 e. The average Bonchev–Trinajstić information content (AvgIpc) is 1.88. The molecule has 1 N–H and O–H groups in total. The van der Waals surface area contributed by atoms with Crippen LogP contribution in [0.25, 0.3) is 0 Å². The Kier molecular flexibility index (Phi) is 5.64. The van der Waals surface area contributed by atoms with E-state index in [2.05, 4.69) is 38.3 Å². The van der Waals surface area contributed by atoms with Crippen molar-refractivity contribution in [3.8, 4) is 0 Å². The highest BCUT2D eigenvalue weighted by Gasteiger charge is 1.99. The quantitative estimate of drug-likeness (QED) is 0.590. The zero-order valence-electron chi connectivity index (χ0n) is 7.65. The molecule has 0 saturated carbocycles. The Hall–Kier alpha value is -0.0800. The van der Waals surface area contributed by atoms with Gasteiger partial charge in [0, 0.05) is 19.6 Å². The van der Waals surface area contributed by atoms with Crippen LogP contribution in [-0.4, -0.2) is 24.6 Å². The summed E-state index contributed by atoms with van der Waals surface area (Å²) in [5.41, 5.74) is 3.36. The van der Waals surface area contributed by atoms with Gasteiger partial charge in [0.15, 0.2) is 0 Å². The fourth-order valence-electron chi connectivity index (χ4n) is 0.867. The van der Waals surface area contributed by atoms with Crippen LogP contribution in [0, 0.1) is 0 Å². The summed E-state index contributed by atoms with van der Waals surface area (Å²) in [6, 6.07) is 0.608. The molecule has 0 aromatic carbocycles. The number of nitrogens with one attached hydrogen (secondary N) is 1. The number of hydrogen-bond donors (Lipinski definition) is 1. The third-order valence-corrected chi connectivity index (χ3v) is 1.61. The lowest BCUT2D eigenvalue weighted by molar-refractivity contribution is 0.202. The van der Waals surface area contributed by atoms with E-state index < -0.39 is 0 Å². The molecule has 0 fully saturated rings. The smallest absolute Gasteiger partial charge is 0.0184 e. The van der Waals surface area contributed by atoms with E-state index >= 15 is 0 Å². The van der Waals surface area contributed by atoms with Crippen LogP contribution in [0.3, 0.4) is 0 Å². The predicted octanol–water partition coefficient (Wildman–Crippen LogP) is 1.63. The molecule has 0 radical (unpaired) electrons. The van der Waals surface area contributed by atoms with E-state index in [1.54, 1.807) is 0 Å². The monoisotopic (exact) mass is 144 g/mol. The van der Waals surface area contributed by atoms with Gasteiger partial charge < -0.3 is 0 Å². The average molecular weight is 144 g/mol. The van der Waals surface area contributed by atoms with Crippen LogP contribution in [0.15, 0.2) is 0 Å². The van der Waals surface area contributed by atoms with Crippen molar-refractivity contribution in [2.45, 2.75) is 39.7 Å². The van der Waals surface area contributed by atoms with Crippen molar-refractivity contribution in [2.24, 2.45) is 0 Å². The zero-order chi connectivity index (χ0) is 7.98. The summed E-state index contributed by atoms with van der Waals surface area (Å²) in [6.45, 7) is 7.71. The van der Waals surface area contributed by atoms with E-state index in [-0.39, 0.29) is 0 Å². The molecule has 0 aromatic heterocycles. The topological polar surface area (TPSA) is 15.3 Å². The van der Waals surface area contributed by atoms with Crippen molar-refractivity contribution >= 4 is 0 Å². The Labute approximate surface area is 64.6 Å². The van der Waals surface area contributed by atoms with Crippen LogP contribution in [0.2, 0.25) is 0 Å². The van der Waals surface area contributed by atoms with Crippen molar-refractivity contribution < 1.29 is 0 Å². The molecular weight excluding hydrogens is 124 g/mol. The molecule has 0 aromatic rings. The molecule has 2 heteroatoms. The van der Waals surface area contributed by atoms with Crippen molar-refractivity contribution in [3.05, 3.63) is 0 Å². The third kappa shape index (κ3) is 4.77. The molecule has 2 nitrogen and oxygen atoms in total. The second-order valence-electron chi connectivity index (χ2n) is 2.86. The van der Waals surface area contributed by atoms with Crippen LogP contribution in [0.5, 0.6) is 0 Å². The van der Waals surface area contributed by atoms with Crippen LogP contribution in [0.4, 0.5) is 0 Å². The van der Waals surface area contributed by atoms with Gasteiger partial charge in [0.1, 0.15) is 0 Å². The number of rotatable bonds is 5. The van der Waals surface area contributed by atoms with Crippen molar-refractivity contribution in [3.63, 3.8) is 0 Å². The summed E-state index contributed by atoms with van der Waals surface area (Å²) in [4.78, 5) is 0. The first-order chi connectivity index (χ1) is 4.70. The fourth-order valence-corrected chi connectivity index (χ4v) is 0.867. The summed E-state index contributed by atoms with van der Waals surface area (Å²) < 4.78 is 0. The highest BCUT2D eigenvalue weighted by Crippen LogP contribution is 1.89. The lowest BCUT2D eigenvalue weighted by atomic mass is 10.3. The van der Waals surface area contributed by atoms with Crippen molar-refractivity contribution in [1.29, 1.82) is 0 Å². The molecule has 0 aliphatic rings. The Balaban J connectivity index is 3.27. The Bertz CT molecular complexity index is 73.7. The van der Waals surface area contributed by atoms with Crippen LogP contribution >= 0.6 is 0 Å². The Morgan fingerprint density at radius 2 is 2.00 bits per heavy atom. The summed E-state index contributed by atoms with van der Waals surface area (Å²) in [6.07, 6.45) is 2.40. The van der Waals surface area contributed by atoms with Gasteiger partial charge in [-0.1, -0.05) is 13.8 Å². The van der Waals surface area contributed by atoms with Gasteiger partial charge in [-0.3, -0.25) is 5.43 Å². The molecule has 0 rings (SSSR count). The SMILES string of the molecule is CCCN(C)NC(C)CC. The normalized spacial score (nSPS) is 14.1. The van der Waals surface area contributed by atoms with Gasteiger partial charge in [-0.25, -0.2) is 5.01 Å². The molecule has 0 heterocycles. The molecule has 62 valence electrons. The molecular formula is C8H20N2. The molecule has 0 aliphatic heterocycles. The van der Waals surface area contributed by atoms with Crippen molar-refractivity contribution in [2.75, 3.05) is 13.6 Å². The van der Waals surface area contributed by atoms with Gasteiger partial charge in [0.25, 0.3) is 0 Å². The largest absolute Gasteiger partial charge is 0.253 e. The lowest BCUT2D eigenvalue weighted by Crippen LogP contribution is -2.40. The van der Waals surface area contributed by atoms with Gasteiger partial charge in [0.2, 0.25) is 0 Å². The predicted molar refractivity (Wildman–Crippen MR) is 45.8 cm³/mol. The van der Waals surface area contributed by atoms with Gasteiger partial charge in [0.05, 0.1) is 0 Å².